The molecule has 0 aliphatic carbocycles. The summed E-state index contributed by atoms with van der Waals surface area (Å²) in [4.78, 5) is 12.8. The smallest absolute Gasteiger partial charge is 0.279 e. The summed E-state index contributed by atoms with van der Waals surface area (Å²) in [7, 11) is 3.43. The minimum absolute atomic E-state index is 0.0970. The van der Waals surface area contributed by atoms with E-state index in [0.717, 1.165) is 28.3 Å². The van der Waals surface area contributed by atoms with Crippen LogP contribution in [0, 0.1) is 11.6 Å². The van der Waals surface area contributed by atoms with E-state index < -0.39 is 23.2 Å². The first-order chi connectivity index (χ1) is 11.0. The molecule has 1 atom stereocenters. The molecule has 0 bridgehead atoms. The highest BCUT2D eigenvalue weighted by Gasteiger charge is 2.15. The Hall–Kier alpha value is -2.47. The predicted octanol–water partition coefficient (Wildman–Crippen LogP) is 1.63. The summed E-state index contributed by atoms with van der Waals surface area (Å²) < 4.78 is 32.1. The molecule has 2 aromatic rings. The number of carbonyl (C=O) groups is 1. The number of halogens is 2. The first-order valence-electron chi connectivity index (χ1n) is 7.17. The van der Waals surface area contributed by atoms with Gasteiger partial charge < -0.3 is 15.0 Å². The van der Waals surface area contributed by atoms with Crippen molar-refractivity contribution in [3.05, 3.63) is 59.7 Å². The van der Waals surface area contributed by atoms with Gasteiger partial charge in [-0.3, -0.25) is 4.79 Å². The number of amides is 1. The van der Waals surface area contributed by atoms with Crippen LogP contribution in [0.4, 0.5) is 14.5 Å². The highest BCUT2D eigenvalue weighted by molar-refractivity contribution is 5.91. The van der Waals surface area contributed by atoms with Crippen LogP contribution in [0.25, 0.3) is 0 Å². The number of likely N-dealkylation sites (N-methyl/N-ethyl adjacent to an activating group) is 1. The number of quaternary nitrogens is 1. The summed E-state index contributed by atoms with van der Waals surface area (Å²) >= 11 is 0. The average molecular weight is 321 g/mol. The first-order valence-corrected chi connectivity index (χ1v) is 7.17. The molecule has 2 rings (SSSR count). The van der Waals surface area contributed by atoms with Gasteiger partial charge in [0.05, 0.1) is 14.2 Å². The van der Waals surface area contributed by atoms with Crippen molar-refractivity contribution in [3.63, 3.8) is 0 Å². The van der Waals surface area contributed by atoms with Crippen LogP contribution in [0.3, 0.4) is 0 Å². The summed E-state index contributed by atoms with van der Waals surface area (Å²) in [5.41, 5.74) is 0.628. The maximum atomic E-state index is 13.5. The highest BCUT2D eigenvalue weighted by Crippen LogP contribution is 2.17. The van der Waals surface area contributed by atoms with Crippen LogP contribution in [0.15, 0.2) is 42.5 Å². The number of rotatable bonds is 6. The van der Waals surface area contributed by atoms with Gasteiger partial charge in [0.25, 0.3) is 5.91 Å². The Morgan fingerprint density at radius 2 is 1.74 bits per heavy atom. The van der Waals surface area contributed by atoms with E-state index in [1.807, 2.05) is 31.3 Å². The monoisotopic (exact) mass is 321 g/mol. The molecule has 23 heavy (non-hydrogen) atoms. The molecule has 0 aromatic heterocycles. The third-order valence-corrected chi connectivity index (χ3v) is 3.35. The number of nitrogens with one attached hydrogen (secondary N) is 2. The molecular formula is C17H19F2N2O2+. The third kappa shape index (κ3) is 4.75. The van der Waals surface area contributed by atoms with Crippen molar-refractivity contribution >= 4 is 11.6 Å². The number of benzene rings is 2. The van der Waals surface area contributed by atoms with Gasteiger partial charge in [-0.2, -0.15) is 0 Å². The molecule has 0 aliphatic rings. The zero-order valence-electron chi connectivity index (χ0n) is 13.0. The fourth-order valence-corrected chi connectivity index (χ4v) is 2.23. The molecule has 0 radical (unpaired) electrons. The molecule has 1 unspecified atom stereocenters. The molecule has 0 fully saturated rings. The van der Waals surface area contributed by atoms with Crippen LogP contribution >= 0.6 is 0 Å². The normalized spacial score (nSPS) is 11.8. The van der Waals surface area contributed by atoms with E-state index in [1.54, 1.807) is 7.11 Å². The average Bonchev–Trinajstić information content (AvgIpc) is 2.51. The van der Waals surface area contributed by atoms with Crippen molar-refractivity contribution < 1.29 is 23.2 Å². The zero-order valence-corrected chi connectivity index (χ0v) is 13.0. The van der Waals surface area contributed by atoms with E-state index in [-0.39, 0.29) is 6.54 Å². The number of hydrogen-bond acceptors (Lipinski definition) is 2. The van der Waals surface area contributed by atoms with Crippen molar-refractivity contribution in [2.75, 3.05) is 26.0 Å². The molecule has 2 aromatic carbocycles. The van der Waals surface area contributed by atoms with E-state index in [2.05, 4.69) is 5.32 Å². The predicted molar refractivity (Wildman–Crippen MR) is 83.4 cm³/mol. The molecule has 0 saturated carbocycles. The van der Waals surface area contributed by atoms with E-state index in [1.165, 1.54) is 6.07 Å². The molecule has 122 valence electrons. The Kier molecular flexibility index (Phi) is 5.65. The maximum Gasteiger partial charge on any atom is 0.279 e. The van der Waals surface area contributed by atoms with Crippen LogP contribution in [0.2, 0.25) is 0 Å². The van der Waals surface area contributed by atoms with E-state index in [4.69, 9.17) is 4.74 Å². The summed E-state index contributed by atoms with van der Waals surface area (Å²) in [6, 6.07) is 11.0. The van der Waals surface area contributed by atoms with Crippen molar-refractivity contribution in [1.82, 2.24) is 0 Å². The van der Waals surface area contributed by atoms with Crippen molar-refractivity contribution in [2.45, 2.75) is 6.54 Å². The largest absolute Gasteiger partial charge is 0.497 e. The van der Waals surface area contributed by atoms with Crippen LogP contribution in [-0.4, -0.2) is 26.6 Å². The van der Waals surface area contributed by atoms with E-state index >= 15 is 0 Å². The van der Waals surface area contributed by atoms with Gasteiger partial charge in [-0.1, -0.05) is 6.07 Å². The Morgan fingerprint density at radius 3 is 2.30 bits per heavy atom. The summed E-state index contributed by atoms with van der Waals surface area (Å²) in [5, 5.41) is 2.28. The second-order valence-electron chi connectivity index (χ2n) is 5.30. The van der Waals surface area contributed by atoms with Crippen LogP contribution in [0.1, 0.15) is 5.56 Å². The summed E-state index contributed by atoms with van der Waals surface area (Å²) in [6.45, 7) is 0.705. The van der Waals surface area contributed by atoms with Crippen LogP contribution in [-0.2, 0) is 11.3 Å². The lowest BCUT2D eigenvalue weighted by molar-refractivity contribution is -0.885. The highest BCUT2D eigenvalue weighted by atomic mass is 19.1. The van der Waals surface area contributed by atoms with Crippen molar-refractivity contribution in [2.24, 2.45) is 0 Å². The molecule has 6 heteroatoms. The summed E-state index contributed by atoms with van der Waals surface area (Å²) in [6.07, 6.45) is 0. The van der Waals surface area contributed by atoms with Gasteiger partial charge in [-0.15, -0.1) is 0 Å². The number of para-hydroxylation sites is 1. The van der Waals surface area contributed by atoms with Gasteiger partial charge in [0.1, 0.15) is 29.6 Å². The van der Waals surface area contributed by atoms with Gasteiger partial charge in [-0.05, 0) is 36.4 Å². The molecule has 0 saturated heterocycles. The molecule has 0 aliphatic heterocycles. The quantitative estimate of drug-likeness (QED) is 0.849. The van der Waals surface area contributed by atoms with Gasteiger partial charge >= 0.3 is 0 Å². The van der Waals surface area contributed by atoms with E-state index in [0.29, 0.717) is 6.54 Å². The Labute approximate surface area is 133 Å². The van der Waals surface area contributed by atoms with Gasteiger partial charge in [-0.25, -0.2) is 8.78 Å². The Bertz CT molecular complexity index is 655. The lowest BCUT2D eigenvalue weighted by Gasteiger charge is -2.14. The number of methoxy groups -OCH3 is 1. The standard InChI is InChI=1S/C17H18F2N2O2/c1-21(10-12-6-8-13(23-2)9-7-12)11-16(22)20-17-14(18)4-3-5-15(17)19/h3-9H,10-11H2,1-2H3,(H,20,22)/p+1. The SMILES string of the molecule is COc1ccc(C[NH+](C)CC(=O)Nc2c(F)cccc2F)cc1. The Morgan fingerprint density at radius 1 is 1.13 bits per heavy atom. The maximum absolute atomic E-state index is 13.5. The molecule has 2 N–H and O–H groups in total. The van der Waals surface area contributed by atoms with Crippen molar-refractivity contribution in [1.29, 1.82) is 0 Å². The molecule has 1 amide bonds. The lowest BCUT2D eigenvalue weighted by atomic mass is 10.2. The van der Waals surface area contributed by atoms with Crippen molar-refractivity contribution in [3.8, 4) is 5.75 Å². The van der Waals surface area contributed by atoms with E-state index in [9.17, 15) is 13.6 Å². The first kappa shape index (κ1) is 16.9. The second-order valence-corrected chi connectivity index (χ2v) is 5.30. The minimum atomic E-state index is -0.786. The number of ether oxygens (including phenoxy) is 1. The Balaban J connectivity index is 1.91. The fourth-order valence-electron chi connectivity index (χ4n) is 2.23. The third-order valence-electron chi connectivity index (χ3n) is 3.35. The lowest BCUT2D eigenvalue weighted by Crippen LogP contribution is -3.08. The zero-order chi connectivity index (χ0) is 16.8. The van der Waals surface area contributed by atoms with Crippen LogP contribution in [0.5, 0.6) is 5.75 Å². The fraction of sp³-hybridized carbons (Fsp3) is 0.235. The van der Waals surface area contributed by atoms with Gasteiger partial charge in [0.15, 0.2) is 6.54 Å². The van der Waals surface area contributed by atoms with Gasteiger partial charge in [0, 0.05) is 5.56 Å². The molecule has 0 heterocycles. The molecular weight excluding hydrogens is 302 g/mol. The molecule has 4 nitrogen and oxygen atoms in total. The number of carbonyl (C=O) groups excluding carboxylic acids is 1. The number of anilines is 1. The van der Waals surface area contributed by atoms with Crippen LogP contribution < -0.4 is 15.0 Å². The number of hydrogen-bond donors (Lipinski definition) is 2. The summed E-state index contributed by atoms with van der Waals surface area (Å²) in [5.74, 6) is -1.25. The van der Waals surface area contributed by atoms with Gasteiger partial charge in [0.2, 0.25) is 0 Å². The molecule has 0 spiro atoms. The topological polar surface area (TPSA) is 42.8 Å². The second kappa shape index (κ2) is 7.69. The minimum Gasteiger partial charge on any atom is -0.497 e.